The Labute approximate surface area is 149 Å². The van der Waals surface area contributed by atoms with Crippen LogP contribution in [0.2, 0.25) is 0 Å². The van der Waals surface area contributed by atoms with Gasteiger partial charge in [0.05, 0.1) is 18.3 Å². The van der Waals surface area contributed by atoms with Crippen molar-refractivity contribution in [2.24, 2.45) is 0 Å². The maximum Gasteiger partial charge on any atom is 0.109 e. The standard InChI is InChI=1S/C21H27N3O/c1-3-8-21-23-19-16-22-17(2)15-20(19)24(21)12-14-25-13-7-11-18-9-5-4-6-10-18/h4-6,9-10,15-16H,3,7-8,11-14H2,1-2H3. The van der Waals surface area contributed by atoms with Crippen LogP contribution in [0.3, 0.4) is 0 Å². The van der Waals surface area contributed by atoms with E-state index in [-0.39, 0.29) is 0 Å². The van der Waals surface area contributed by atoms with Crippen molar-refractivity contribution in [2.45, 2.75) is 46.1 Å². The summed E-state index contributed by atoms with van der Waals surface area (Å²) in [6.45, 7) is 6.58. The van der Waals surface area contributed by atoms with E-state index in [4.69, 9.17) is 9.72 Å². The fourth-order valence-corrected chi connectivity index (χ4v) is 3.12. The largest absolute Gasteiger partial charge is 0.380 e. The molecule has 25 heavy (non-hydrogen) atoms. The number of aromatic nitrogens is 3. The molecule has 0 radical (unpaired) electrons. The smallest absolute Gasteiger partial charge is 0.109 e. The van der Waals surface area contributed by atoms with E-state index in [0.29, 0.717) is 0 Å². The van der Waals surface area contributed by atoms with Crippen LogP contribution in [0.25, 0.3) is 11.0 Å². The third-order valence-corrected chi connectivity index (χ3v) is 4.38. The molecule has 0 atom stereocenters. The van der Waals surface area contributed by atoms with Crippen LogP contribution in [-0.4, -0.2) is 27.7 Å². The van der Waals surface area contributed by atoms with Crippen LogP contribution in [0.5, 0.6) is 0 Å². The molecule has 132 valence electrons. The third kappa shape index (κ3) is 4.67. The Balaban J connectivity index is 1.53. The number of imidazole rings is 1. The molecule has 2 aromatic heterocycles. The van der Waals surface area contributed by atoms with E-state index in [2.05, 4.69) is 52.9 Å². The molecule has 0 saturated heterocycles. The number of ether oxygens (including phenoxy) is 1. The van der Waals surface area contributed by atoms with Crippen molar-refractivity contribution < 1.29 is 4.74 Å². The molecule has 4 nitrogen and oxygen atoms in total. The van der Waals surface area contributed by atoms with Gasteiger partial charge in [0.15, 0.2) is 0 Å². The fraction of sp³-hybridized carbons (Fsp3) is 0.429. The van der Waals surface area contributed by atoms with Gasteiger partial charge >= 0.3 is 0 Å². The topological polar surface area (TPSA) is 39.9 Å². The Kier molecular flexibility index (Phi) is 6.18. The van der Waals surface area contributed by atoms with Gasteiger partial charge < -0.3 is 9.30 Å². The molecule has 4 heteroatoms. The summed E-state index contributed by atoms with van der Waals surface area (Å²) in [7, 11) is 0. The highest BCUT2D eigenvalue weighted by Gasteiger charge is 2.10. The van der Waals surface area contributed by atoms with Crippen LogP contribution >= 0.6 is 0 Å². The van der Waals surface area contributed by atoms with E-state index < -0.39 is 0 Å². The molecular formula is C21H27N3O. The molecule has 0 saturated carbocycles. The van der Waals surface area contributed by atoms with Crippen molar-refractivity contribution in [3.05, 3.63) is 59.7 Å². The van der Waals surface area contributed by atoms with Crippen molar-refractivity contribution in [3.8, 4) is 0 Å². The SMILES string of the molecule is CCCc1nc2cnc(C)cc2n1CCOCCCc1ccccc1. The van der Waals surface area contributed by atoms with E-state index in [1.165, 1.54) is 11.1 Å². The second kappa shape index (κ2) is 8.77. The zero-order valence-electron chi connectivity index (χ0n) is 15.2. The van der Waals surface area contributed by atoms with Gasteiger partial charge in [-0.3, -0.25) is 4.98 Å². The minimum Gasteiger partial charge on any atom is -0.380 e. The summed E-state index contributed by atoms with van der Waals surface area (Å²) >= 11 is 0. The van der Waals surface area contributed by atoms with Gasteiger partial charge in [-0.2, -0.15) is 0 Å². The molecule has 0 unspecified atom stereocenters. The number of nitrogens with zero attached hydrogens (tertiary/aromatic N) is 3. The van der Waals surface area contributed by atoms with Crippen LogP contribution < -0.4 is 0 Å². The Hall–Kier alpha value is -2.20. The number of aryl methyl sites for hydroxylation is 3. The minimum atomic E-state index is 0.721. The summed E-state index contributed by atoms with van der Waals surface area (Å²) in [5, 5.41) is 0. The van der Waals surface area contributed by atoms with E-state index in [0.717, 1.165) is 62.5 Å². The van der Waals surface area contributed by atoms with Crippen LogP contribution in [0.1, 0.15) is 36.8 Å². The lowest BCUT2D eigenvalue weighted by atomic mass is 10.1. The first-order valence-electron chi connectivity index (χ1n) is 9.21. The first kappa shape index (κ1) is 17.6. The summed E-state index contributed by atoms with van der Waals surface area (Å²) in [6, 6.07) is 12.7. The lowest BCUT2D eigenvalue weighted by molar-refractivity contribution is 0.124. The molecule has 0 aliphatic rings. The fourth-order valence-electron chi connectivity index (χ4n) is 3.12. The number of fused-ring (bicyclic) bond motifs is 1. The normalized spacial score (nSPS) is 11.3. The van der Waals surface area contributed by atoms with Gasteiger partial charge in [0, 0.05) is 25.3 Å². The highest BCUT2D eigenvalue weighted by atomic mass is 16.5. The zero-order valence-corrected chi connectivity index (χ0v) is 15.2. The van der Waals surface area contributed by atoms with Crippen LogP contribution in [0, 0.1) is 6.92 Å². The van der Waals surface area contributed by atoms with Crippen LogP contribution in [0.15, 0.2) is 42.6 Å². The van der Waals surface area contributed by atoms with Gasteiger partial charge in [-0.25, -0.2) is 4.98 Å². The van der Waals surface area contributed by atoms with E-state index >= 15 is 0 Å². The average Bonchev–Trinajstić information content (AvgIpc) is 2.96. The second-order valence-corrected chi connectivity index (χ2v) is 6.45. The number of hydrogen-bond acceptors (Lipinski definition) is 3. The molecule has 0 bridgehead atoms. The van der Waals surface area contributed by atoms with Crippen molar-refractivity contribution in [3.63, 3.8) is 0 Å². The van der Waals surface area contributed by atoms with Crippen molar-refractivity contribution in [1.82, 2.24) is 14.5 Å². The summed E-state index contributed by atoms with van der Waals surface area (Å²) in [5.74, 6) is 1.14. The summed E-state index contributed by atoms with van der Waals surface area (Å²) < 4.78 is 8.17. The Bertz CT molecular complexity index is 796. The Morgan fingerprint density at radius 3 is 2.72 bits per heavy atom. The molecule has 0 N–H and O–H groups in total. The second-order valence-electron chi connectivity index (χ2n) is 6.45. The lowest BCUT2D eigenvalue weighted by Gasteiger charge is -2.10. The van der Waals surface area contributed by atoms with E-state index in [9.17, 15) is 0 Å². The average molecular weight is 337 g/mol. The van der Waals surface area contributed by atoms with Gasteiger partial charge in [-0.15, -0.1) is 0 Å². The third-order valence-electron chi connectivity index (χ3n) is 4.38. The predicted octanol–water partition coefficient (Wildman–Crippen LogP) is 4.34. The van der Waals surface area contributed by atoms with Crippen LogP contribution in [-0.2, 0) is 24.1 Å². The molecule has 0 fully saturated rings. The molecule has 3 rings (SSSR count). The predicted molar refractivity (Wildman–Crippen MR) is 102 cm³/mol. The first-order valence-corrected chi connectivity index (χ1v) is 9.21. The number of rotatable bonds is 9. The van der Waals surface area contributed by atoms with Gasteiger partial charge in [0.2, 0.25) is 0 Å². The summed E-state index contributed by atoms with van der Waals surface area (Å²) in [6.07, 6.45) is 6.08. The molecule has 0 aliphatic carbocycles. The maximum absolute atomic E-state index is 5.88. The minimum absolute atomic E-state index is 0.721. The van der Waals surface area contributed by atoms with Crippen molar-refractivity contribution in [1.29, 1.82) is 0 Å². The van der Waals surface area contributed by atoms with Gasteiger partial charge in [0.25, 0.3) is 0 Å². The number of pyridine rings is 1. The first-order chi connectivity index (χ1) is 12.3. The van der Waals surface area contributed by atoms with Gasteiger partial charge in [-0.1, -0.05) is 37.3 Å². The van der Waals surface area contributed by atoms with Gasteiger partial charge in [0.1, 0.15) is 11.3 Å². The van der Waals surface area contributed by atoms with Gasteiger partial charge in [-0.05, 0) is 37.8 Å². The monoisotopic (exact) mass is 337 g/mol. The summed E-state index contributed by atoms with van der Waals surface area (Å²) in [4.78, 5) is 9.11. The lowest BCUT2D eigenvalue weighted by Crippen LogP contribution is -2.10. The number of hydrogen-bond donors (Lipinski definition) is 0. The Morgan fingerprint density at radius 2 is 1.92 bits per heavy atom. The molecule has 0 spiro atoms. The molecule has 1 aromatic carbocycles. The number of benzene rings is 1. The molecule has 2 heterocycles. The highest BCUT2D eigenvalue weighted by Crippen LogP contribution is 2.17. The molecule has 0 amide bonds. The Morgan fingerprint density at radius 1 is 1.08 bits per heavy atom. The molecule has 0 aliphatic heterocycles. The molecular weight excluding hydrogens is 310 g/mol. The van der Waals surface area contributed by atoms with Crippen molar-refractivity contribution >= 4 is 11.0 Å². The summed E-state index contributed by atoms with van der Waals surface area (Å²) in [5.41, 5.74) is 4.56. The molecule has 3 aromatic rings. The van der Waals surface area contributed by atoms with Crippen molar-refractivity contribution in [2.75, 3.05) is 13.2 Å². The van der Waals surface area contributed by atoms with Crippen LogP contribution in [0.4, 0.5) is 0 Å². The maximum atomic E-state index is 5.88. The highest BCUT2D eigenvalue weighted by molar-refractivity contribution is 5.75. The zero-order chi connectivity index (χ0) is 17.5. The quantitative estimate of drug-likeness (QED) is 0.545. The van der Waals surface area contributed by atoms with E-state index in [1.54, 1.807) is 0 Å². The van der Waals surface area contributed by atoms with E-state index in [1.807, 2.05) is 13.1 Å².